The number of nitrogens with one attached hydrogen (secondary N) is 1. The van der Waals surface area contributed by atoms with Crippen molar-refractivity contribution in [1.29, 1.82) is 0 Å². The molecule has 1 aromatic rings. The number of likely N-dealkylation sites (N-methyl/N-ethyl adjacent to an activating group) is 1. The van der Waals surface area contributed by atoms with Gasteiger partial charge in [-0.2, -0.15) is 0 Å². The fourth-order valence-electron chi connectivity index (χ4n) is 4.02. The first-order valence-corrected chi connectivity index (χ1v) is 7.19. The van der Waals surface area contributed by atoms with Crippen molar-refractivity contribution in [3.05, 3.63) is 35.4 Å². The monoisotopic (exact) mass is 244 g/mol. The zero-order chi connectivity index (χ0) is 12.6. The van der Waals surface area contributed by atoms with Gasteiger partial charge in [-0.05, 0) is 44.5 Å². The van der Waals surface area contributed by atoms with Gasteiger partial charge in [-0.25, -0.2) is 0 Å². The number of hydrogen-bond acceptors (Lipinski definition) is 2. The van der Waals surface area contributed by atoms with Crippen LogP contribution in [0.4, 0.5) is 0 Å². The van der Waals surface area contributed by atoms with E-state index >= 15 is 0 Å². The Hall–Kier alpha value is -0.860. The van der Waals surface area contributed by atoms with Gasteiger partial charge in [-0.1, -0.05) is 30.7 Å². The highest BCUT2D eigenvalue weighted by atomic mass is 15.2. The Morgan fingerprint density at radius 2 is 2.11 bits per heavy atom. The van der Waals surface area contributed by atoms with Crippen LogP contribution in [0.25, 0.3) is 0 Å². The van der Waals surface area contributed by atoms with Crippen LogP contribution in [0.3, 0.4) is 0 Å². The van der Waals surface area contributed by atoms with Crippen molar-refractivity contribution in [2.45, 2.75) is 31.7 Å². The topological polar surface area (TPSA) is 15.3 Å². The standard InChI is InChI=1S/C16H24N2/c1-17-12-16(9-5-10-16)15-14-7-4-3-6-13(14)8-11-18(15)2/h3-4,6-7,15,17H,5,8-12H2,1-2H3. The summed E-state index contributed by atoms with van der Waals surface area (Å²) < 4.78 is 0. The van der Waals surface area contributed by atoms with E-state index in [1.54, 1.807) is 11.1 Å². The van der Waals surface area contributed by atoms with Crippen LogP contribution in [-0.2, 0) is 6.42 Å². The quantitative estimate of drug-likeness (QED) is 0.879. The highest BCUT2D eigenvalue weighted by Gasteiger charge is 2.47. The van der Waals surface area contributed by atoms with E-state index in [1.165, 1.54) is 32.2 Å². The SMILES string of the molecule is CNCC1(C2c3ccccc3CCN2C)CCC1. The van der Waals surface area contributed by atoms with Crippen LogP contribution in [0.5, 0.6) is 0 Å². The van der Waals surface area contributed by atoms with E-state index in [2.05, 4.69) is 48.6 Å². The largest absolute Gasteiger partial charge is 0.319 e. The summed E-state index contributed by atoms with van der Waals surface area (Å²) in [5.74, 6) is 0. The molecule has 18 heavy (non-hydrogen) atoms. The van der Waals surface area contributed by atoms with Gasteiger partial charge < -0.3 is 5.32 Å². The summed E-state index contributed by atoms with van der Waals surface area (Å²) in [6.45, 7) is 2.35. The summed E-state index contributed by atoms with van der Waals surface area (Å²) in [4.78, 5) is 2.58. The molecule has 1 aromatic carbocycles. The molecule has 0 saturated heterocycles. The molecule has 1 fully saturated rings. The zero-order valence-corrected chi connectivity index (χ0v) is 11.6. The minimum absolute atomic E-state index is 0.472. The second-order valence-corrected chi connectivity index (χ2v) is 6.08. The van der Waals surface area contributed by atoms with E-state index < -0.39 is 0 Å². The molecule has 0 radical (unpaired) electrons. The molecule has 2 aliphatic rings. The maximum atomic E-state index is 3.43. The van der Waals surface area contributed by atoms with E-state index in [0.717, 1.165) is 6.54 Å². The van der Waals surface area contributed by atoms with E-state index in [0.29, 0.717) is 11.5 Å². The summed E-state index contributed by atoms with van der Waals surface area (Å²) in [5.41, 5.74) is 3.63. The van der Waals surface area contributed by atoms with Crippen LogP contribution < -0.4 is 5.32 Å². The number of fused-ring (bicyclic) bond motifs is 1. The van der Waals surface area contributed by atoms with E-state index in [-0.39, 0.29) is 0 Å². The van der Waals surface area contributed by atoms with Crippen LogP contribution in [0.2, 0.25) is 0 Å². The average Bonchev–Trinajstić information content (AvgIpc) is 2.35. The summed E-state index contributed by atoms with van der Waals surface area (Å²) in [7, 11) is 4.39. The molecular weight excluding hydrogens is 220 g/mol. The summed E-state index contributed by atoms with van der Waals surface area (Å²) in [6, 6.07) is 9.68. The first-order valence-electron chi connectivity index (χ1n) is 7.19. The molecule has 2 heteroatoms. The molecule has 0 spiro atoms. The van der Waals surface area contributed by atoms with Crippen molar-refractivity contribution in [3.8, 4) is 0 Å². The van der Waals surface area contributed by atoms with Gasteiger partial charge in [0.05, 0.1) is 0 Å². The average molecular weight is 244 g/mol. The van der Waals surface area contributed by atoms with Gasteiger partial charge in [0.1, 0.15) is 0 Å². The molecule has 2 nitrogen and oxygen atoms in total. The number of rotatable bonds is 3. The van der Waals surface area contributed by atoms with Crippen molar-refractivity contribution in [3.63, 3.8) is 0 Å². The second-order valence-electron chi connectivity index (χ2n) is 6.08. The van der Waals surface area contributed by atoms with Crippen LogP contribution in [0, 0.1) is 5.41 Å². The van der Waals surface area contributed by atoms with Crippen molar-refractivity contribution in [1.82, 2.24) is 10.2 Å². The number of nitrogens with zero attached hydrogens (tertiary/aromatic N) is 1. The minimum atomic E-state index is 0.472. The Balaban J connectivity index is 1.99. The van der Waals surface area contributed by atoms with Crippen LogP contribution in [-0.4, -0.2) is 32.1 Å². The summed E-state index contributed by atoms with van der Waals surface area (Å²) in [5, 5.41) is 3.43. The third-order valence-electron chi connectivity index (χ3n) is 4.98. The lowest BCUT2D eigenvalue weighted by Gasteiger charge is -2.53. The van der Waals surface area contributed by atoms with Gasteiger partial charge >= 0.3 is 0 Å². The first-order chi connectivity index (χ1) is 8.77. The Labute approximate surface area is 110 Å². The molecule has 0 amide bonds. The molecule has 3 rings (SSSR count). The lowest BCUT2D eigenvalue weighted by atomic mass is 9.60. The second kappa shape index (κ2) is 4.67. The highest BCUT2D eigenvalue weighted by molar-refractivity contribution is 5.34. The van der Waals surface area contributed by atoms with Crippen molar-refractivity contribution >= 4 is 0 Å². The van der Waals surface area contributed by atoms with Crippen LogP contribution in [0.1, 0.15) is 36.4 Å². The first kappa shape index (κ1) is 12.2. The smallest absolute Gasteiger partial charge is 0.0416 e. The van der Waals surface area contributed by atoms with Gasteiger partial charge in [0, 0.05) is 24.5 Å². The molecular formula is C16H24N2. The Morgan fingerprint density at radius 3 is 2.78 bits per heavy atom. The molecule has 1 unspecified atom stereocenters. The van der Waals surface area contributed by atoms with Crippen molar-refractivity contribution in [2.24, 2.45) is 5.41 Å². The maximum Gasteiger partial charge on any atom is 0.0416 e. The molecule has 1 aliphatic heterocycles. The number of hydrogen-bond donors (Lipinski definition) is 1. The van der Waals surface area contributed by atoms with E-state index in [9.17, 15) is 0 Å². The van der Waals surface area contributed by atoms with E-state index in [4.69, 9.17) is 0 Å². The van der Waals surface area contributed by atoms with Gasteiger partial charge in [-0.3, -0.25) is 4.90 Å². The maximum absolute atomic E-state index is 3.43. The third-order valence-corrected chi connectivity index (χ3v) is 4.98. The van der Waals surface area contributed by atoms with Gasteiger partial charge in [-0.15, -0.1) is 0 Å². The predicted molar refractivity (Wildman–Crippen MR) is 75.7 cm³/mol. The Kier molecular flexibility index (Phi) is 3.16. The molecule has 0 bridgehead atoms. The normalized spacial score (nSPS) is 26.4. The Bertz CT molecular complexity index is 423. The third kappa shape index (κ3) is 1.79. The predicted octanol–water partition coefficient (Wildman–Crippen LogP) is 2.61. The molecule has 1 atom stereocenters. The van der Waals surface area contributed by atoms with E-state index in [1.807, 2.05) is 0 Å². The summed E-state index contributed by atoms with van der Waals surface area (Å²) >= 11 is 0. The molecule has 1 heterocycles. The fraction of sp³-hybridized carbons (Fsp3) is 0.625. The zero-order valence-electron chi connectivity index (χ0n) is 11.6. The van der Waals surface area contributed by atoms with Gasteiger partial charge in [0.25, 0.3) is 0 Å². The molecule has 98 valence electrons. The van der Waals surface area contributed by atoms with Crippen molar-refractivity contribution < 1.29 is 0 Å². The highest BCUT2D eigenvalue weighted by Crippen LogP contribution is 2.53. The Morgan fingerprint density at radius 1 is 1.33 bits per heavy atom. The lowest BCUT2D eigenvalue weighted by molar-refractivity contribution is 0.00466. The summed E-state index contributed by atoms with van der Waals surface area (Å²) in [6.07, 6.45) is 5.35. The molecule has 1 aliphatic carbocycles. The lowest BCUT2D eigenvalue weighted by Crippen LogP contribution is -2.51. The molecule has 1 saturated carbocycles. The molecule has 0 aromatic heterocycles. The van der Waals surface area contributed by atoms with Crippen LogP contribution in [0.15, 0.2) is 24.3 Å². The van der Waals surface area contributed by atoms with Gasteiger partial charge in [0.15, 0.2) is 0 Å². The number of benzene rings is 1. The molecule has 1 N–H and O–H groups in total. The van der Waals surface area contributed by atoms with Crippen molar-refractivity contribution in [2.75, 3.05) is 27.2 Å². The van der Waals surface area contributed by atoms with Crippen LogP contribution >= 0.6 is 0 Å². The van der Waals surface area contributed by atoms with Gasteiger partial charge in [0.2, 0.25) is 0 Å². The minimum Gasteiger partial charge on any atom is -0.319 e. The fourth-order valence-corrected chi connectivity index (χ4v) is 4.02.